The first-order valence-corrected chi connectivity index (χ1v) is 5.82. The highest BCUT2D eigenvalue weighted by Gasteiger charge is 2.40. The number of halogens is 1. The Morgan fingerprint density at radius 2 is 1.95 bits per heavy atom. The van der Waals surface area contributed by atoms with E-state index in [1.165, 1.54) is 0 Å². The van der Waals surface area contributed by atoms with E-state index in [0.717, 1.165) is 0 Å². The van der Waals surface area contributed by atoms with E-state index in [1.54, 1.807) is 0 Å². The van der Waals surface area contributed by atoms with Gasteiger partial charge in [0.05, 0.1) is 6.61 Å². The molecule has 3 heterocycles. The van der Waals surface area contributed by atoms with Crippen LogP contribution in [-0.4, -0.2) is 60.2 Å². The van der Waals surface area contributed by atoms with Gasteiger partial charge in [0.2, 0.25) is 0 Å². The van der Waals surface area contributed by atoms with Crippen molar-refractivity contribution < 1.29 is 24.4 Å². The Morgan fingerprint density at radius 1 is 1.20 bits per heavy atom. The average molecular weight is 285 g/mol. The number of aromatic amines is 1. The highest BCUT2D eigenvalue weighted by Crippen LogP contribution is 2.29. The maximum absolute atomic E-state index is 13.0. The fraction of sp³-hybridized carbons (Fsp3) is 0.500. The van der Waals surface area contributed by atoms with Crippen molar-refractivity contribution in [1.29, 1.82) is 0 Å². The van der Waals surface area contributed by atoms with E-state index in [-0.39, 0.29) is 29.4 Å². The fourth-order valence-corrected chi connectivity index (χ4v) is 2.09. The van der Waals surface area contributed by atoms with Crippen molar-refractivity contribution in [1.82, 2.24) is 19.9 Å². The molecule has 4 atom stereocenters. The van der Waals surface area contributed by atoms with Gasteiger partial charge in [-0.25, -0.2) is 4.98 Å². The smallest absolute Gasteiger partial charge is 0.312 e. The van der Waals surface area contributed by atoms with Crippen LogP contribution in [0, 0.1) is 6.08 Å². The predicted octanol–water partition coefficient (Wildman–Crippen LogP) is -1.77. The van der Waals surface area contributed by atoms with E-state index in [2.05, 4.69) is 19.9 Å². The number of hydrogen-bond donors (Lipinski definition) is 5. The first-order valence-electron chi connectivity index (χ1n) is 5.82. The third-order valence-electron chi connectivity index (χ3n) is 3.14. The van der Waals surface area contributed by atoms with Crippen molar-refractivity contribution >= 4 is 17.0 Å². The Morgan fingerprint density at radius 3 is 2.70 bits per heavy atom. The van der Waals surface area contributed by atoms with Crippen molar-refractivity contribution in [2.75, 3.05) is 12.3 Å². The number of imidazole rings is 1. The average Bonchev–Trinajstić information content (AvgIpc) is 2.80. The minimum atomic E-state index is -1.39. The van der Waals surface area contributed by atoms with Crippen molar-refractivity contribution in [3.63, 3.8) is 0 Å². The molecular weight excluding hydrogens is 273 g/mol. The lowest BCUT2D eigenvalue weighted by Crippen LogP contribution is -2.49. The summed E-state index contributed by atoms with van der Waals surface area (Å²) in [6.45, 7) is -0.171. The Balaban J connectivity index is 2.00. The molecule has 9 nitrogen and oxygen atoms in total. The monoisotopic (exact) mass is 285 g/mol. The van der Waals surface area contributed by atoms with Crippen LogP contribution in [0.3, 0.4) is 0 Å². The van der Waals surface area contributed by atoms with E-state index in [0.29, 0.717) is 0 Å². The Bertz CT molecular complexity index is 650. The van der Waals surface area contributed by atoms with Gasteiger partial charge in [0, 0.05) is 0 Å². The SMILES string of the molecule is Nc1nc(F)nc2nc(C3OCC(O)C(O)C3O)[nH]c12. The lowest BCUT2D eigenvalue weighted by atomic mass is 10.00. The van der Waals surface area contributed by atoms with Crippen LogP contribution in [0.4, 0.5) is 10.2 Å². The number of fused-ring (bicyclic) bond motifs is 1. The third-order valence-corrected chi connectivity index (χ3v) is 3.14. The Kier molecular flexibility index (Phi) is 3.01. The first-order chi connectivity index (χ1) is 9.47. The van der Waals surface area contributed by atoms with Crippen molar-refractivity contribution in [2.45, 2.75) is 24.4 Å². The summed E-state index contributed by atoms with van der Waals surface area (Å²) in [5.41, 5.74) is 5.72. The second-order valence-electron chi connectivity index (χ2n) is 4.50. The van der Waals surface area contributed by atoms with Crippen molar-refractivity contribution in [2.24, 2.45) is 0 Å². The van der Waals surface area contributed by atoms with Gasteiger partial charge in [0.25, 0.3) is 0 Å². The molecule has 10 heteroatoms. The van der Waals surface area contributed by atoms with Crippen LogP contribution < -0.4 is 5.73 Å². The molecule has 0 aromatic carbocycles. The molecule has 1 fully saturated rings. The van der Waals surface area contributed by atoms with Gasteiger partial charge in [-0.2, -0.15) is 14.4 Å². The van der Waals surface area contributed by atoms with Gasteiger partial charge in [0.15, 0.2) is 11.5 Å². The number of nitrogen functional groups attached to an aromatic ring is 1. The van der Waals surface area contributed by atoms with E-state index in [1.807, 2.05) is 0 Å². The normalized spacial score (nSPS) is 30.8. The zero-order valence-corrected chi connectivity index (χ0v) is 10.1. The highest BCUT2D eigenvalue weighted by molar-refractivity contribution is 5.81. The molecule has 0 amide bonds. The van der Waals surface area contributed by atoms with Gasteiger partial charge in [-0.15, -0.1) is 0 Å². The lowest BCUT2D eigenvalue weighted by Gasteiger charge is -2.34. The topological polar surface area (TPSA) is 150 Å². The van der Waals surface area contributed by atoms with Gasteiger partial charge >= 0.3 is 6.08 Å². The van der Waals surface area contributed by atoms with Crippen molar-refractivity contribution in [3.8, 4) is 0 Å². The molecule has 3 rings (SSSR count). The number of anilines is 1. The third kappa shape index (κ3) is 1.98. The number of hydrogen-bond acceptors (Lipinski definition) is 8. The van der Waals surface area contributed by atoms with E-state index < -0.39 is 30.5 Å². The number of H-pyrrole nitrogens is 1. The number of aliphatic hydroxyl groups excluding tert-OH is 3. The largest absolute Gasteiger partial charge is 0.388 e. The summed E-state index contributed by atoms with van der Waals surface area (Å²) in [5, 5.41) is 28.9. The molecule has 1 aliphatic rings. The molecule has 1 aliphatic heterocycles. The van der Waals surface area contributed by atoms with Crippen LogP contribution in [0.5, 0.6) is 0 Å². The summed E-state index contributed by atoms with van der Waals surface area (Å²) in [4.78, 5) is 13.5. The Hall–Kier alpha value is -1.88. The van der Waals surface area contributed by atoms with Crippen LogP contribution in [0.1, 0.15) is 11.9 Å². The number of aromatic nitrogens is 4. The molecule has 6 N–H and O–H groups in total. The van der Waals surface area contributed by atoms with Gasteiger partial charge < -0.3 is 30.8 Å². The molecule has 0 spiro atoms. The maximum Gasteiger partial charge on any atom is 0.312 e. The number of ether oxygens (including phenoxy) is 1. The van der Waals surface area contributed by atoms with Crippen LogP contribution in [-0.2, 0) is 4.74 Å². The molecule has 0 radical (unpaired) electrons. The highest BCUT2D eigenvalue weighted by atomic mass is 19.1. The lowest BCUT2D eigenvalue weighted by molar-refractivity contribution is -0.191. The Labute approximate surface area is 111 Å². The number of nitrogens with two attached hydrogens (primary N) is 1. The second-order valence-corrected chi connectivity index (χ2v) is 4.50. The van der Waals surface area contributed by atoms with E-state index in [4.69, 9.17) is 10.5 Å². The second kappa shape index (κ2) is 4.59. The molecule has 2 aromatic rings. The number of aliphatic hydroxyl groups is 3. The molecule has 2 aromatic heterocycles. The maximum atomic E-state index is 13.0. The van der Waals surface area contributed by atoms with Crippen LogP contribution >= 0.6 is 0 Å². The molecular formula is C10H12FN5O4. The predicted molar refractivity (Wildman–Crippen MR) is 62.8 cm³/mol. The van der Waals surface area contributed by atoms with E-state index >= 15 is 0 Å². The quantitative estimate of drug-likeness (QED) is 0.386. The number of rotatable bonds is 1. The zero-order chi connectivity index (χ0) is 14.4. The summed E-state index contributed by atoms with van der Waals surface area (Å²) in [6.07, 6.45) is -5.98. The van der Waals surface area contributed by atoms with Gasteiger partial charge in [-0.05, 0) is 0 Å². The number of nitrogens with zero attached hydrogens (tertiary/aromatic N) is 3. The van der Waals surface area contributed by atoms with E-state index in [9.17, 15) is 19.7 Å². The van der Waals surface area contributed by atoms with Gasteiger partial charge in [-0.3, -0.25) is 0 Å². The summed E-state index contributed by atoms with van der Waals surface area (Å²) in [6, 6.07) is 0. The fourth-order valence-electron chi connectivity index (χ4n) is 2.09. The van der Waals surface area contributed by atoms with Crippen molar-refractivity contribution in [3.05, 3.63) is 11.9 Å². The van der Waals surface area contributed by atoms with Gasteiger partial charge in [-0.1, -0.05) is 0 Å². The minimum absolute atomic E-state index is 0.0126. The number of nitrogens with one attached hydrogen (secondary N) is 1. The van der Waals surface area contributed by atoms with Crippen LogP contribution in [0.2, 0.25) is 0 Å². The molecule has 0 saturated carbocycles. The molecule has 1 saturated heterocycles. The van der Waals surface area contributed by atoms with Gasteiger partial charge in [0.1, 0.15) is 35.8 Å². The van der Waals surface area contributed by atoms with Crippen LogP contribution in [0.15, 0.2) is 0 Å². The summed E-state index contributed by atoms with van der Waals surface area (Å²) >= 11 is 0. The molecule has 4 unspecified atom stereocenters. The summed E-state index contributed by atoms with van der Waals surface area (Å²) in [5.74, 6) is -0.0119. The summed E-state index contributed by atoms with van der Waals surface area (Å²) < 4.78 is 18.3. The summed E-state index contributed by atoms with van der Waals surface area (Å²) in [7, 11) is 0. The minimum Gasteiger partial charge on any atom is -0.388 e. The molecule has 108 valence electrons. The molecule has 0 aliphatic carbocycles. The standard InChI is InChI=1S/C10H12FN5O4/c11-10-14-7(12)3-8(16-10)15-9(13-3)6-5(19)4(18)2(17)1-20-6/h2,4-6,17-19H,1H2,(H3,12,13,14,15,16). The van der Waals surface area contributed by atoms with Crippen LogP contribution in [0.25, 0.3) is 11.2 Å². The first kappa shape index (κ1) is 13.1. The molecule has 0 bridgehead atoms. The zero-order valence-electron chi connectivity index (χ0n) is 10.1. The molecule has 20 heavy (non-hydrogen) atoms.